The van der Waals surface area contributed by atoms with Crippen LogP contribution in [0.5, 0.6) is 0 Å². The van der Waals surface area contributed by atoms with Crippen LogP contribution in [0.4, 0.5) is 0 Å². The van der Waals surface area contributed by atoms with Gasteiger partial charge in [0.2, 0.25) is 11.8 Å². The normalized spacial score (nSPS) is 11.7. The Labute approximate surface area is 192 Å². The van der Waals surface area contributed by atoms with E-state index in [-0.39, 0.29) is 11.8 Å². The van der Waals surface area contributed by atoms with Crippen molar-refractivity contribution in [2.75, 3.05) is 12.3 Å². The number of carbonyl (C=O) groups excluding carboxylic acids is 2. The third-order valence-electron chi connectivity index (χ3n) is 4.84. The monoisotopic (exact) mass is 490 g/mol. The Balaban J connectivity index is 2.03. The fraction of sp³-hybridized carbons (Fsp3) is 0.417. The molecule has 0 heterocycles. The fourth-order valence-corrected chi connectivity index (χ4v) is 4.27. The van der Waals surface area contributed by atoms with Gasteiger partial charge in [0, 0.05) is 34.6 Å². The first-order valence-corrected chi connectivity index (χ1v) is 12.2. The Morgan fingerprint density at radius 3 is 2.57 bits per heavy atom. The first kappa shape index (κ1) is 24.5. The number of unbranched alkanes of at least 4 members (excludes halogenated alkanes) is 1. The predicted octanol–water partition coefficient (Wildman–Crippen LogP) is 5.57. The van der Waals surface area contributed by atoms with Crippen LogP contribution in [0.15, 0.2) is 57.9 Å². The van der Waals surface area contributed by atoms with Gasteiger partial charge in [0.25, 0.3) is 0 Å². The van der Waals surface area contributed by atoms with Crippen LogP contribution in [0.1, 0.15) is 44.2 Å². The quantitative estimate of drug-likeness (QED) is 0.330. The number of aryl methyl sites for hydroxylation is 1. The molecule has 0 saturated carbocycles. The lowest BCUT2D eigenvalue weighted by atomic mass is 10.1. The van der Waals surface area contributed by atoms with Crippen LogP contribution in [0.3, 0.4) is 0 Å². The van der Waals surface area contributed by atoms with Gasteiger partial charge in [-0.15, -0.1) is 11.8 Å². The molecule has 4 nitrogen and oxygen atoms in total. The van der Waals surface area contributed by atoms with Crippen molar-refractivity contribution in [3.05, 3.63) is 64.1 Å². The van der Waals surface area contributed by atoms with Crippen molar-refractivity contribution in [3.8, 4) is 0 Å². The molecule has 0 saturated heterocycles. The van der Waals surface area contributed by atoms with E-state index in [1.54, 1.807) is 16.7 Å². The molecule has 1 atom stereocenters. The highest BCUT2D eigenvalue weighted by molar-refractivity contribution is 9.10. The van der Waals surface area contributed by atoms with Gasteiger partial charge in [-0.1, -0.05) is 59.1 Å². The van der Waals surface area contributed by atoms with E-state index in [1.807, 2.05) is 31.2 Å². The Morgan fingerprint density at radius 1 is 1.17 bits per heavy atom. The molecule has 0 unspecified atom stereocenters. The number of amides is 2. The van der Waals surface area contributed by atoms with Crippen molar-refractivity contribution in [1.82, 2.24) is 10.2 Å². The van der Waals surface area contributed by atoms with Gasteiger partial charge in [-0.25, -0.2) is 0 Å². The smallest absolute Gasteiger partial charge is 0.242 e. The van der Waals surface area contributed by atoms with Crippen LogP contribution in [0.2, 0.25) is 0 Å². The highest BCUT2D eigenvalue weighted by Crippen LogP contribution is 2.21. The molecule has 30 heavy (non-hydrogen) atoms. The van der Waals surface area contributed by atoms with Gasteiger partial charge < -0.3 is 10.2 Å². The van der Waals surface area contributed by atoms with Crippen LogP contribution in [-0.4, -0.2) is 35.1 Å². The molecule has 0 bridgehead atoms. The molecule has 0 aliphatic rings. The fourth-order valence-electron chi connectivity index (χ4n) is 2.99. The molecule has 2 aromatic carbocycles. The highest BCUT2D eigenvalue weighted by Gasteiger charge is 2.25. The van der Waals surface area contributed by atoms with Gasteiger partial charge in [-0.3, -0.25) is 9.59 Å². The molecule has 0 aliphatic heterocycles. The van der Waals surface area contributed by atoms with Crippen molar-refractivity contribution in [3.63, 3.8) is 0 Å². The van der Waals surface area contributed by atoms with E-state index in [0.717, 1.165) is 27.8 Å². The molecule has 6 heteroatoms. The summed E-state index contributed by atoms with van der Waals surface area (Å²) in [6.07, 6.45) is 2.34. The molecule has 1 N–H and O–H groups in total. The molecule has 2 rings (SSSR count). The van der Waals surface area contributed by atoms with Crippen LogP contribution in [0.25, 0.3) is 0 Å². The van der Waals surface area contributed by atoms with Gasteiger partial charge in [-0.2, -0.15) is 0 Å². The third-order valence-corrected chi connectivity index (χ3v) is 6.35. The lowest BCUT2D eigenvalue weighted by Crippen LogP contribution is -2.47. The molecule has 0 aromatic heterocycles. The van der Waals surface area contributed by atoms with E-state index in [0.29, 0.717) is 25.3 Å². The van der Waals surface area contributed by atoms with Crippen molar-refractivity contribution in [1.29, 1.82) is 0 Å². The average Bonchev–Trinajstić information content (AvgIpc) is 2.73. The third kappa shape index (κ3) is 8.15. The summed E-state index contributed by atoms with van der Waals surface area (Å²) in [5.74, 6) is 0.576. The van der Waals surface area contributed by atoms with Crippen molar-refractivity contribution in [2.24, 2.45) is 0 Å². The number of hydrogen-bond acceptors (Lipinski definition) is 3. The SMILES string of the molecule is CCCCNC(=O)[C@@H](C)N(Cc1cccc(Br)c1)C(=O)CCSc1ccc(C)cc1. The molecule has 2 amide bonds. The molecule has 0 aliphatic carbocycles. The zero-order valence-electron chi connectivity index (χ0n) is 18.0. The van der Waals surface area contributed by atoms with Crippen LogP contribution < -0.4 is 5.32 Å². The first-order valence-electron chi connectivity index (χ1n) is 10.4. The second kappa shape index (κ2) is 12.8. The summed E-state index contributed by atoms with van der Waals surface area (Å²) in [5, 5.41) is 2.96. The van der Waals surface area contributed by atoms with E-state index in [9.17, 15) is 9.59 Å². The number of thioether (sulfide) groups is 1. The van der Waals surface area contributed by atoms with Crippen molar-refractivity contribution < 1.29 is 9.59 Å². The number of benzene rings is 2. The molecule has 0 radical (unpaired) electrons. The second-order valence-electron chi connectivity index (χ2n) is 7.38. The minimum absolute atomic E-state index is 0.00673. The second-order valence-corrected chi connectivity index (χ2v) is 9.47. The lowest BCUT2D eigenvalue weighted by molar-refractivity contribution is -0.140. The minimum atomic E-state index is -0.516. The minimum Gasteiger partial charge on any atom is -0.354 e. The summed E-state index contributed by atoms with van der Waals surface area (Å²) < 4.78 is 0.961. The molecular weight excluding hydrogens is 460 g/mol. The number of nitrogens with one attached hydrogen (secondary N) is 1. The zero-order chi connectivity index (χ0) is 21.9. The van der Waals surface area contributed by atoms with Crippen molar-refractivity contribution >= 4 is 39.5 Å². The van der Waals surface area contributed by atoms with Gasteiger partial charge in [0.15, 0.2) is 0 Å². The number of nitrogens with zero attached hydrogens (tertiary/aromatic N) is 1. The summed E-state index contributed by atoms with van der Waals surface area (Å²) in [4.78, 5) is 28.5. The van der Waals surface area contributed by atoms with Crippen LogP contribution >= 0.6 is 27.7 Å². The van der Waals surface area contributed by atoms with E-state index in [2.05, 4.69) is 59.4 Å². The highest BCUT2D eigenvalue weighted by atomic mass is 79.9. The van der Waals surface area contributed by atoms with Gasteiger partial charge in [0.1, 0.15) is 6.04 Å². The standard InChI is InChI=1S/C24H31BrN2O2S/c1-4-5-14-26-24(29)19(3)27(17-20-7-6-8-21(25)16-20)23(28)13-15-30-22-11-9-18(2)10-12-22/h6-12,16,19H,4-5,13-15,17H2,1-3H3,(H,26,29)/t19-/m1/s1. The maximum Gasteiger partial charge on any atom is 0.242 e. The summed E-state index contributed by atoms with van der Waals surface area (Å²) in [6, 6.07) is 15.7. The summed E-state index contributed by atoms with van der Waals surface area (Å²) in [5.41, 5.74) is 2.22. The van der Waals surface area contributed by atoms with E-state index < -0.39 is 6.04 Å². The summed E-state index contributed by atoms with van der Waals surface area (Å²) >= 11 is 5.15. The number of hydrogen-bond donors (Lipinski definition) is 1. The average molecular weight is 491 g/mol. The topological polar surface area (TPSA) is 49.4 Å². The number of halogens is 1. The largest absolute Gasteiger partial charge is 0.354 e. The molecule has 162 valence electrons. The van der Waals surface area contributed by atoms with Gasteiger partial charge >= 0.3 is 0 Å². The van der Waals surface area contributed by atoms with E-state index in [4.69, 9.17) is 0 Å². The summed E-state index contributed by atoms with van der Waals surface area (Å²) in [7, 11) is 0. The first-order chi connectivity index (χ1) is 14.4. The van der Waals surface area contributed by atoms with Crippen LogP contribution in [0, 0.1) is 6.92 Å². The van der Waals surface area contributed by atoms with Gasteiger partial charge in [-0.05, 0) is 50.1 Å². The maximum absolute atomic E-state index is 13.1. The molecule has 0 fully saturated rings. The molecular formula is C24H31BrN2O2S. The molecule has 2 aromatic rings. The number of rotatable bonds is 11. The maximum atomic E-state index is 13.1. The Morgan fingerprint density at radius 2 is 1.90 bits per heavy atom. The predicted molar refractivity (Wildman–Crippen MR) is 129 cm³/mol. The number of carbonyl (C=O) groups is 2. The van der Waals surface area contributed by atoms with Crippen LogP contribution in [-0.2, 0) is 16.1 Å². The zero-order valence-corrected chi connectivity index (χ0v) is 20.4. The van der Waals surface area contributed by atoms with E-state index in [1.165, 1.54) is 5.56 Å². The Bertz CT molecular complexity index is 826. The Kier molecular flexibility index (Phi) is 10.4. The summed E-state index contributed by atoms with van der Waals surface area (Å²) in [6.45, 7) is 7.01. The van der Waals surface area contributed by atoms with E-state index >= 15 is 0 Å². The molecule has 0 spiro atoms. The lowest BCUT2D eigenvalue weighted by Gasteiger charge is -2.29. The van der Waals surface area contributed by atoms with Crippen molar-refractivity contribution in [2.45, 2.75) is 57.5 Å². The Hall–Kier alpha value is -1.79. The van der Waals surface area contributed by atoms with Gasteiger partial charge in [0.05, 0.1) is 0 Å².